The number of hydrogen-bond donors (Lipinski definition) is 1. The van der Waals surface area contributed by atoms with E-state index in [2.05, 4.69) is 32.2 Å². The van der Waals surface area contributed by atoms with Crippen LogP contribution in [0.3, 0.4) is 0 Å². The molecular formula is C23H28N2O2. The first-order chi connectivity index (χ1) is 12.8. The minimum atomic E-state index is -0.335. The predicted octanol–water partition coefficient (Wildman–Crippen LogP) is 4.73. The van der Waals surface area contributed by atoms with Crippen LogP contribution in [-0.2, 0) is 9.59 Å². The van der Waals surface area contributed by atoms with Crippen LogP contribution < -0.4 is 10.2 Å². The molecule has 4 heteroatoms. The monoisotopic (exact) mass is 364 g/mol. The van der Waals surface area contributed by atoms with E-state index in [-0.39, 0.29) is 24.2 Å². The number of benzene rings is 2. The lowest BCUT2D eigenvalue weighted by atomic mass is 9.97. The molecule has 1 aliphatic heterocycles. The zero-order chi connectivity index (χ0) is 19.7. The number of hydrogen-bond acceptors (Lipinski definition) is 2. The van der Waals surface area contributed by atoms with Crippen molar-refractivity contribution in [2.75, 3.05) is 16.8 Å². The van der Waals surface area contributed by atoms with E-state index < -0.39 is 0 Å². The number of anilines is 2. The first-order valence-corrected chi connectivity index (χ1v) is 9.56. The molecule has 2 aromatic rings. The summed E-state index contributed by atoms with van der Waals surface area (Å²) in [6.45, 7) is 10.7. The second-order valence-corrected chi connectivity index (χ2v) is 7.86. The second kappa shape index (κ2) is 7.55. The van der Waals surface area contributed by atoms with Gasteiger partial charge in [-0.05, 0) is 61.1 Å². The molecule has 142 valence electrons. The third kappa shape index (κ3) is 3.90. The maximum atomic E-state index is 12.9. The first-order valence-electron chi connectivity index (χ1n) is 9.56. The molecule has 1 fully saturated rings. The molecule has 0 saturated carbocycles. The predicted molar refractivity (Wildman–Crippen MR) is 110 cm³/mol. The van der Waals surface area contributed by atoms with Crippen LogP contribution in [0.1, 0.15) is 48.4 Å². The van der Waals surface area contributed by atoms with Crippen molar-refractivity contribution in [3.05, 3.63) is 58.7 Å². The highest BCUT2D eigenvalue weighted by Gasteiger charge is 2.35. The van der Waals surface area contributed by atoms with Gasteiger partial charge in [0.05, 0.1) is 5.92 Å². The molecule has 3 rings (SSSR count). The van der Waals surface area contributed by atoms with Gasteiger partial charge in [0.25, 0.3) is 0 Å². The molecule has 4 nitrogen and oxygen atoms in total. The Morgan fingerprint density at radius 2 is 1.81 bits per heavy atom. The van der Waals surface area contributed by atoms with E-state index in [1.54, 1.807) is 4.90 Å². The number of para-hydroxylation sites is 1. The second-order valence-electron chi connectivity index (χ2n) is 7.86. The Balaban J connectivity index is 1.78. The van der Waals surface area contributed by atoms with Crippen LogP contribution in [0.15, 0.2) is 36.4 Å². The highest BCUT2D eigenvalue weighted by atomic mass is 16.2. The van der Waals surface area contributed by atoms with Crippen molar-refractivity contribution in [2.45, 2.75) is 47.0 Å². The van der Waals surface area contributed by atoms with E-state index in [0.717, 1.165) is 28.1 Å². The molecule has 0 aromatic heterocycles. The fourth-order valence-electron chi connectivity index (χ4n) is 3.59. The van der Waals surface area contributed by atoms with Gasteiger partial charge in [-0.2, -0.15) is 0 Å². The standard InChI is InChI=1S/C23H28N2O2/c1-14(2)20-8-6-7-16(4)22(20)24-23(27)18-12-21(26)25(13-18)19-10-9-15(3)17(5)11-19/h6-11,14,18H,12-13H2,1-5H3,(H,24,27). The third-order valence-corrected chi connectivity index (χ3v) is 5.47. The summed E-state index contributed by atoms with van der Waals surface area (Å²) in [5.74, 6) is -0.0886. The summed E-state index contributed by atoms with van der Waals surface area (Å²) in [6, 6.07) is 12.1. The van der Waals surface area contributed by atoms with Crippen LogP contribution in [0, 0.1) is 26.7 Å². The van der Waals surface area contributed by atoms with E-state index >= 15 is 0 Å². The molecule has 1 heterocycles. The van der Waals surface area contributed by atoms with Gasteiger partial charge in [0.2, 0.25) is 11.8 Å². The van der Waals surface area contributed by atoms with Crippen molar-refractivity contribution in [3.8, 4) is 0 Å². The average Bonchev–Trinajstić information content (AvgIpc) is 3.00. The third-order valence-electron chi connectivity index (χ3n) is 5.47. The average molecular weight is 364 g/mol. The molecule has 2 amide bonds. The van der Waals surface area contributed by atoms with Crippen molar-refractivity contribution >= 4 is 23.2 Å². The number of rotatable bonds is 4. The van der Waals surface area contributed by atoms with Gasteiger partial charge in [0, 0.05) is 24.3 Å². The zero-order valence-corrected chi connectivity index (χ0v) is 16.8. The largest absolute Gasteiger partial charge is 0.325 e. The van der Waals surface area contributed by atoms with Gasteiger partial charge in [-0.3, -0.25) is 9.59 Å². The lowest BCUT2D eigenvalue weighted by Crippen LogP contribution is -2.28. The Labute approximate surface area is 161 Å². The Hall–Kier alpha value is -2.62. The molecule has 2 aromatic carbocycles. The molecule has 1 unspecified atom stereocenters. The van der Waals surface area contributed by atoms with Gasteiger partial charge in [-0.25, -0.2) is 0 Å². The molecule has 27 heavy (non-hydrogen) atoms. The molecule has 0 radical (unpaired) electrons. The number of amides is 2. The molecule has 0 aliphatic carbocycles. The van der Waals surface area contributed by atoms with Crippen molar-refractivity contribution in [3.63, 3.8) is 0 Å². The van der Waals surface area contributed by atoms with Crippen molar-refractivity contribution in [1.82, 2.24) is 0 Å². The van der Waals surface area contributed by atoms with Gasteiger partial charge in [0.15, 0.2) is 0 Å². The Bertz CT molecular complexity index is 886. The Morgan fingerprint density at radius 3 is 2.48 bits per heavy atom. The van der Waals surface area contributed by atoms with Gasteiger partial charge < -0.3 is 10.2 Å². The number of aryl methyl sites for hydroxylation is 3. The summed E-state index contributed by atoms with van der Waals surface area (Å²) in [5.41, 5.74) is 6.27. The van der Waals surface area contributed by atoms with E-state index in [9.17, 15) is 9.59 Å². The van der Waals surface area contributed by atoms with Gasteiger partial charge >= 0.3 is 0 Å². The van der Waals surface area contributed by atoms with Crippen LogP contribution in [0.4, 0.5) is 11.4 Å². The van der Waals surface area contributed by atoms with Crippen LogP contribution in [0.25, 0.3) is 0 Å². The van der Waals surface area contributed by atoms with Crippen molar-refractivity contribution < 1.29 is 9.59 Å². The van der Waals surface area contributed by atoms with Gasteiger partial charge in [0.1, 0.15) is 0 Å². The van der Waals surface area contributed by atoms with E-state index in [1.807, 2.05) is 44.2 Å². The van der Waals surface area contributed by atoms with Crippen LogP contribution in [0.2, 0.25) is 0 Å². The summed E-state index contributed by atoms with van der Waals surface area (Å²) >= 11 is 0. The Kier molecular flexibility index (Phi) is 5.36. The smallest absolute Gasteiger partial charge is 0.229 e. The number of nitrogens with zero attached hydrogens (tertiary/aromatic N) is 1. The van der Waals surface area contributed by atoms with E-state index in [0.29, 0.717) is 12.5 Å². The zero-order valence-electron chi connectivity index (χ0n) is 16.8. The van der Waals surface area contributed by atoms with Crippen LogP contribution >= 0.6 is 0 Å². The minimum Gasteiger partial charge on any atom is -0.325 e. The summed E-state index contributed by atoms with van der Waals surface area (Å²) in [6.07, 6.45) is 0.252. The SMILES string of the molecule is Cc1ccc(N2CC(C(=O)Nc3c(C)cccc3C(C)C)CC2=O)cc1C. The van der Waals surface area contributed by atoms with Crippen molar-refractivity contribution in [2.24, 2.45) is 5.92 Å². The summed E-state index contributed by atoms with van der Waals surface area (Å²) in [4.78, 5) is 27.2. The molecule has 1 saturated heterocycles. The molecule has 1 aliphatic rings. The molecule has 1 atom stereocenters. The summed E-state index contributed by atoms with van der Waals surface area (Å²) in [7, 11) is 0. The summed E-state index contributed by atoms with van der Waals surface area (Å²) in [5, 5.41) is 3.10. The number of nitrogens with one attached hydrogen (secondary N) is 1. The highest BCUT2D eigenvalue weighted by Crippen LogP contribution is 2.30. The van der Waals surface area contributed by atoms with E-state index in [4.69, 9.17) is 0 Å². The first kappa shape index (κ1) is 19.2. The summed E-state index contributed by atoms with van der Waals surface area (Å²) < 4.78 is 0. The maximum Gasteiger partial charge on any atom is 0.229 e. The molecule has 0 bridgehead atoms. The molecular weight excluding hydrogens is 336 g/mol. The lowest BCUT2D eigenvalue weighted by molar-refractivity contribution is -0.122. The van der Waals surface area contributed by atoms with Crippen LogP contribution in [-0.4, -0.2) is 18.4 Å². The fraction of sp³-hybridized carbons (Fsp3) is 0.391. The molecule has 1 N–H and O–H groups in total. The number of carbonyl (C=O) groups is 2. The fourth-order valence-corrected chi connectivity index (χ4v) is 3.59. The van der Waals surface area contributed by atoms with Crippen LogP contribution in [0.5, 0.6) is 0 Å². The Morgan fingerprint density at radius 1 is 1.07 bits per heavy atom. The maximum absolute atomic E-state index is 12.9. The topological polar surface area (TPSA) is 49.4 Å². The quantitative estimate of drug-likeness (QED) is 0.853. The number of carbonyl (C=O) groups excluding carboxylic acids is 2. The minimum absolute atomic E-state index is 0.00673. The highest BCUT2D eigenvalue weighted by molar-refractivity contribution is 6.04. The molecule has 0 spiro atoms. The lowest BCUT2D eigenvalue weighted by Gasteiger charge is -2.20. The normalized spacial score (nSPS) is 16.9. The van der Waals surface area contributed by atoms with Gasteiger partial charge in [-0.15, -0.1) is 0 Å². The van der Waals surface area contributed by atoms with E-state index in [1.165, 1.54) is 5.56 Å². The van der Waals surface area contributed by atoms with Gasteiger partial charge in [-0.1, -0.05) is 38.1 Å². The van der Waals surface area contributed by atoms with Crippen molar-refractivity contribution in [1.29, 1.82) is 0 Å².